The fourth-order valence-electron chi connectivity index (χ4n) is 4.15. The molecular formula is C29H31N7O6. The lowest BCUT2D eigenvalue weighted by Gasteiger charge is -2.21. The predicted octanol–water partition coefficient (Wildman–Crippen LogP) is 3.22. The van der Waals surface area contributed by atoms with Gasteiger partial charge in [0.1, 0.15) is 18.1 Å². The van der Waals surface area contributed by atoms with Gasteiger partial charge in [0, 0.05) is 11.8 Å². The normalized spacial score (nSPS) is 12.0. The Balaban J connectivity index is 1.60. The molecule has 0 aliphatic carbocycles. The Morgan fingerprint density at radius 3 is 2.38 bits per heavy atom. The fraction of sp³-hybridized carbons (Fsp3) is 0.310. The van der Waals surface area contributed by atoms with Crippen molar-refractivity contribution >= 4 is 23.5 Å². The van der Waals surface area contributed by atoms with Crippen LogP contribution < -0.4 is 16.2 Å². The molecule has 13 nitrogen and oxygen atoms in total. The van der Waals surface area contributed by atoms with Crippen LogP contribution in [0.2, 0.25) is 0 Å². The van der Waals surface area contributed by atoms with Crippen LogP contribution in [0.15, 0.2) is 70.1 Å². The number of benzene rings is 1. The molecule has 0 aliphatic heterocycles. The van der Waals surface area contributed by atoms with Crippen molar-refractivity contribution in [2.24, 2.45) is 5.92 Å². The summed E-state index contributed by atoms with van der Waals surface area (Å²) in [6.07, 6.45) is 1.97. The predicted molar refractivity (Wildman–Crippen MR) is 152 cm³/mol. The largest absolute Gasteiger partial charge is 0.453 e. The number of ether oxygens (including phenoxy) is 1. The summed E-state index contributed by atoms with van der Waals surface area (Å²) in [5.74, 6) is -1.47. The molecule has 1 atom stereocenters. The third kappa shape index (κ3) is 6.40. The summed E-state index contributed by atoms with van der Waals surface area (Å²) in [4.78, 5) is 60.5. The van der Waals surface area contributed by atoms with E-state index in [0.29, 0.717) is 11.3 Å². The number of rotatable bonds is 10. The molecule has 1 unspecified atom stereocenters. The van der Waals surface area contributed by atoms with Gasteiger partial charge >= 0.3 is 6.09 Å². The first-order valence-electron chi connectivity index (χ1n) is 13.1. The molecule has 0 saturated carbocycles. The highest BCUT2D eigenvalue weighted by Gasteiger charge is 2.35. The molecule has 4 rings (SSSR count). The molecule has 3 heterocycles. The average Bonchev–Trinajstić information content (AvgIpc) is 3.50. The van der Waals surface area contributed by atoms with Crippen LogP contribution in [0.25, 0.3) is 11.4 Å². The molecule has 218 valence electrons. The second-order valence-electron chi connectivity index (χ2n) is 10.3. The number of Topliss-reactive ketones (excluding diaryl/α,β-unsaturated/α-hetero) is 1. The lowest BCUT2D eigenvalue weighted by Crippen LogP contribution is -2.46. The zero-order valence-corrected chi connectivity index (χ0v) is 23.8. The summed E-state index contributed by atoms with van der Waals surface area (Å²) >= 11 is 0. The molecule has 13 heteroatoms. The number of aromatic nitrogens is 5. The van der Waals surface area contributed by atoms with E-state index in [4.69, 9.17) is 4.42 Å². The Labute approximate surface area is 241 Å². The SMILES string of the molecule is COC(=O)Nc1cnc(-c2ccccc2)n(CC(=O)NC(C(=O)c2nnc(C(C)(C)c3ccccn3)o2)C(C)C)c1=O. The van der Waals surface area contributed by atoms with E-state index in [2.05, 4.69) is 35.5 Å². The van der Waals surface area contributed by atoms with Crippen LogP contribution in [0.5, 0.6) is 0 Å². The molecule has 0 aliphatic rings. The minimum atomic E-state index is -1.04. The van der Waals surface area contributed by atoms with Crippen molar-refractivity contribution in [1.29, 1.82) is 0 Å². The van der Waals surface area contributed by atoms with Crippen molar-refractivity contribution < 1.29 is 23.5 Å². The molecule has 0 fully saturated rings. The molecular weight excluding hydrogens is 542 g/mol. The molecule has 0 spiro atoms. The van der Waals surface area contributed by atoms with Gasteiger partial charge in [-0.1, -0.05) is 50.2 Å². The molecule has 0 saturated heterocycles. The summed E-state index contributed by atoms with van der Waals surface area (Å²) < 4.78 is 11.5. The number of hydrogen-bond acceptors (Lipinski definition) is 10. The van der Waals surface area contributed by atoms with Crippen molar-refractivity contribution in [1.82, 2.24) is 30.0 Å². The zero-order chi connectivity index (χ0) is 30.4. The minimum Gasteiger partial charge on any atom is -0.453 e. The number of pyridine rings is 1. The Kier molecular flexibility index (Phi) is 8.89. The summed E-state index contributed by atoms with van der Waals surface area (Å²) in [7, 11) is 1.15. The van der Waals surface area contributed by atoms with Crippen LogP contribution in [0.1, 0.15) is 50.0 Å². The van der Waals surface area contributed by atoms with Crippen molar-refractivity contribution in [2.45, 2.75) is 45.7 Å². The molecule has 42 heavy (non-hydrogen) atoms. The quantitative estimate of drug-likeness (QED) is 0.268. The topological polar surface area (TPSA) is 171 Å². The lowest BCUT2D eigenvalue weighted by atomic mass is 9.89. The van der Waals surface area contributed by atoms with Crippen LogP contribution in [0.3, 0.4) is 0 Å². The van der Waals surface area contributed by atoms with Gasteiger partial charge in [-0.2, -0.15) is 0 Å². The van der Waals surface area contributed by atoms with E-state index in [9.17, 15) is 19.2 Å². The first kappa shape index (κ1) is 29.8. The Morgan fingerprint density at radius 2 is 1.74 bits per heavy atom. The smallest absolute Gasteiger partial charge is 0.411 e. The summed E-state index contributed by atoms with van der Waals surface area (Å²) in [5.41, 5.74) is -0.389. The van der Waals surface area contributed by atoms with Gasteiger partial charge in [0.2, 0.25) is 17.6 Å². The van der Waals surface area contributed by atoms with Crippen LogP contribution in [0, 0.1) is 5.92 Å². The number of nitrogens with one attached hydrogen (secondary N) is 2. The average molecular weight is 574 g/mol. The number of methoxy groups -OCH3 is 1. The van der Waals surface area contributed by atoms with Gasteiger partial charge in [-0.05, 0) is 31.9 Å². The van der Waals surface area contributed by atoms with Gasteiger partial charge in [-0.15, -0.1) is 10.2 Å². The van der Waals surface area contributed by atoms with E-state index < -0.39 is 41.3 Å². The van der Waals surface area contributed by atoms with Gasteiger partial charge < -0.3 is 14.5 Å². The van der Waals surface area contributed by atoms with E-state index >= 15 is 0 Å². The maximum atomic E-state index is 13.4. The van der Waals surface area contributed by atoms with Crippen LogP contribution in [-0.2, 0) is 21.5 Å². The summed E-state index contributed by atoms with van der Waals surface area (Å²) in [6, 6.07) is 13.2. The van der Waals surface area contributed by atoms with Gasteiger partial charge in [0.15, 0.2) is 0 Å². The van der Waals surface area contributed by atoms with Gasteiger partial charge in [-0.3, -0.25) is 29.3 Å². The van der Waals surface area contributed by atoms with E-state index in [1.807, 2.05) is 26.0 Å². The van der Waals surface area contributed by atoms with Crippen molar-refractivity contribution in [3.63, 3.8) is 0 Å². The Bertz CT molecular complexity index is 1630. The van der Waals surface area contributed by atoms with E-state index in [1.54, 1.807) is 56.4 Å². The van der Waals surface area contributed by atoms with E-state index in [1.165, 1.54) is 6.20 Å². The second-order valence-corrected chi connectivity index (χ2v) is 10.3. The van der Waals surface area contributed by atoms with Gasteiger partial charge in [-0.25, -0.2) is 9.78 Å². The molecule has 0 bridgehead atoms. The van der Waals surface area contributed by atoms with Crippen LogP contribution in [0.4, 0.5) is 10.5 Å². The zero-order valence-electron chi connectivity index (χ0n) is 23.8. The van der Waals surface area contributed by atoms with E-state index in [-0.39, 0.29) is 29.2 Å². The highest BCUT2D eigenvalue weighted by Crippen LogP contribution is 2.29. The maximum absolute atomic E-state index is 13.4. The highest BCUT2D eigenvalue weighted by molar-refractivity contribution is 5.98. The summed E-state index contributed by atoms with van der Waals surface area (Å²) in [5, 5.41) is 13.0. The second kappa shape index (κ2) is 12.5. The number of anilines is 1. The van der Waals surface area contributed by atoms with Crippen molar-refractivity contribution in [2.75, 3.05) is 12.4 Å². The maximum Gasteiger partial charge on any atom is 0.411 e. The molecule has 2 amide bonds. The van der Waals surface area contributed by atoms with E-state index in [0.717, 1.165) is 11.7 Å². The molecule has 4 aromatic rings. The molecule has 1 aromatic carbocycles. The van der Waals surface area contributed by atoms with Gasteiger partial charge in [0.05, 0.1) is 30.5 Å². The number of carbonyl (C=O) groups is 3. The van der Waals surface area contributed by atoms with Gasteiger partial charge in [0.25, 0.3) is 11.4 Å². The van der Waals surface area contributed by atoms with Crippen LogP contribution >= 0.6 is 0 Å². The standard InChI is InChI=1S/C29H31N7O6/c1-17(2)22(23(38)25-34-35-27(42-25)29(3,4)20-13-9-10-14-30-20)33-21(37)16-36-24(18-11-7-6-8-12-18)31-15-19(26(36)39)32-28(40)41-5/h6-15,17,22H,16H2,1-5H3,(H,32,40)(H,33,37). The van der Waals surface area contributed by atoms with Crippen molar-refractivity contribution in [3.05, 3.63) is 88.8 Å². The highest BCUT2D eigenvalue weighted by atomic mass is 16.5. The Hall–Kier alpha value is -5.20. The molecule has 2 N–H and O–H groups in total. The number of carbonyl (C=O) groups excluding carboxylic acids is 3. The number of nitrogens with zero attached hydrogens (tertiary/aromatic N) is 5. The third-order valence-corrected chi connectivity index (χ3v) is 6.54. The monoisotopic (exact) mass is 573 g/mol. The number of amides is 2. The third-order valence-electron chi connectivity index (χ3n) is 6.54. The number of hydrogen-bond donors (Lipinski definition) is 2. The first-order chi connectivity index (χ1) is 20.0. The Morgan fingerprint density at radius 1 is 1.02 bits per heavy atom. The fourth-order valence-corrected chi connectivity index (χ4v) is 4.15. The first-order valence-corrected chi connectivity index (χ1v) is 13.1. The number of ketones is 1. The van der Waals surface area contributed by atoms with Crippen molar-refractivity contribution in [3.8, 4) is 11.4 Å². The minimum absolute atomic E-state index is 0.181. The summed E-state index contributed by atoms with van der Waals surface area (Å²) in [6.45, 7) is 6.70. The molecule has 3 aromatic heterocycles. The lowest BCUT2D eigenvalue weighted by molar-refractivity contribution is -0.122. The van der Waals surface area contributed by atoms with Crippen LogP contribution in [-0.4, -0.2) is 55.7 Å². The molecule has 0 radical (unpaired) electrons.